The molecule has 0 unspecified atom stereocenters. The summed E-state index contributed by atoms with van der Waals surface area (Å²) in [6.45, 7) is 3.52. The highest BCUT2D eigenvalue weighted by molar-refractivity contribution is 8.00. The van der Waals surface area contributed by atoms with Gasteiger partial charge in [-0.15, -0.1) is 0 Å². The van der Waals surface area contributed by atoms with E-state index in [1.165, 1.54) is 11.8 Å². The molecule has 0 spiro atoms. The molecule has 14 heavy (non-hydrogen) atoms. The van der Waals surface area contributed by atoms with Crippen LogP contribution in [0.5, 0.6) is 0 Å². The normalized spacial score (nSPS) is 12.4. The van der Waals surface area contributed by atoms with Crippen LogP contribution in [0.25, 0.3) is 0 Å². The van der Waals surface area contributed by atoms with Gasteiger partial charge in [-0.3, -0.25) is 4.79 Å². The summed E-state index contributed by atoms with van der Waals surface area (Å²) in [4.78, 5) is 18.9. The lowest BCUT2D eigenvalue weighted by molar-refractivity contribution is -0.117. The number of hydrogen-bond acceptors (Lipinski definition) is 5. The molecule has 1 atom stereocenters. The predicted octanol–water partition coefficient (Wildman–Crippen LogP) is 0.333. The van der Waals surface area contributed by atoms with Crippen molar-refractivity contribution in [3.05, 3.63) is 11.8 Å². The number of primary amides is 1. The minimum Gasteiger partial charge on any atom is -0.384 e. The van der Waals surface area contributed by atoms with E-state index < -0.39 is 5.91 Å². The van der Waals surface area contributed by atoms with Gasteiger partial charge in [0.05, 0.1) is 5.25 Å². The standard InChI is InChI=1S/C8H12N4OS/c1-4-3-6(9)12-8(11-4)14-5(2)7(10)13/h3,5H,1-2H3,(H2,10,13)(H2,9,11,12)/t5-/m1/s1. The molecular formula is C8H12N4OS. The molecule has 0 bridgehead atoms. The van der Waals surface area contributed by atoms with E-state index >= 15 is 0 Å². The van der Waals surface area contributed by atoms with Crippen molar-refractivity contribution in [3.8, 4) is 0 Å². The first-order chi connectivity index (χ1) is 6.49. The van der Waals surface area contributed by atoms with Crippen LogP contribution in [-0.4, -0.2) is 21.1 Å². The van der Waals surface area contributed by atoms with Gasteiger partial charge in [0.1, 0.15) is 5.82 Å². The van der Waals surface area contributed by atoms with E-state index in [0.717, 1.165) is 5.69 Å². The van der Waals surface area contributed by atoms with E-state index in [-0.39, 0.29) is 5.25 Å². The number of carbonyl (C=O) groups is 1. The van der Waals surface area contributed by atoms with E-state index in [1.807, 2.05) is 6.92 Å². The van der Waals surface area contributed by atoms with Crippen LogP contribution in [0.15, 0.2) is 11.2 Å². The number of amides is 1. The number of aromatic nitrogens is 2. The van der Waals surface area contributed by atoms with Crippen LogP contribution in [-0.2, 0) is 4.79 Å². The summed E-state index contributed by atoms with van der Waals surface area (Å²) in [5.41, 5.74) is 11.4. The molecule has 6 heteroatoms. The lowest BCUT2D eigenvalue weighted by Crippen LogP contribution is -2.22. The molecule has 0 radical (unpaired) electrons. The van der Waals surface area contributed by atoms with Crippen molar-refractivity contribution in [3.63, 3.8) is 0 Å². The molecule has 1 heterocycles. The first kappa shape index (κ1) is 10.8. The van der Waals surface area contributed by atoms with E-state index in [1.54, 1.807) is 13.0 Å². The lowest BCUT2D eigenvalue weighted by atomic mass is 10.4. The van der Waals surface area contributed by atoms with Gasteiger partial charge in [0.2, 0.25) is 5.91 Å². The van der Waals surface area contributed by atoms with Crippen LogP contribution in [0.2, 0.25) is 0 Å². The third kappa shape index (κ3) is 2.88. The highest BCUT2D eigenvalue weighted by atomic mass is 32.2. The van der Waals surface area contributed by atoms with Crippen molar-refractivity contribution in [1.29, 1.82) is 0 Å². The van der Waals surface area contributed by atoms with Crippen molar-refractivity contribution in [2.75, 3.05) is 5.73 Å². The summed E-state index contributed by atoms with van der Waals surface area (Å²) in [6.07, 6.45) is 0. The maximum absolute atomic E-state index is 10.8. The molecule has 76 valence electrons. The van der Waals surface area contributed by atoms with Crippen molar-refractivity contribution in [1.82, 2.24) is 9.97 Å². The zero-order chi connectivity index (χ0) is 10.7. The highest BCUT2D eigenvalue weighted by Gasteiger charge is 2.12. The molecule has 1 rings (SSSR count). The lowest BCUT2D eigenvalue weighted by Gasteiger charge is -2.06. The molecule has 1 aromatic heterocycles. The molecule has 4 N–H and O–H groups in total. The number of nitrogens with two attached hydrogens (primary N) is 2. The van der Waals surface area contributed by atoms with Gasteiger partial charge in [-0.1, -0.05) is 11.8 Å². The Morgan fingerprint density at radius 1 is 1.57 bits per heavy atom. The molecule has 1 aromatic rings. The van der Waals surface area contributed by atoms with Crippen LogP contribution in [0.4, 0.5) is 5.82 Å². The minimum absolute atomic E-state index is 0.351. The van der Waals surface area contributed by atoms with E-state index in [4.69, 9.17) is 11.5 Å². The topological polar surface area (TPSA) is 94.9 Å². The SMILES string of the molecule is Cc1cc(N)nc(S[C@H](C)C(N)=O)n1. The summed E-state index contributed by atoms with van der Waals surface area (Å²) in [7, 11) is 0. The van der Waals surface area contributed by atoms with Gasteiger partial charge >= 0.3 is 0 Å². The Labute approximate surface area is 86.3 Å². The van der Waals surface area contributed by atoms with Crippen molar-refractivity contribution < 1.29 is 4.79 Å². The van der Waals surface area contributed by atoms with Crippen molar-refractivity contribution >= 4 is 23.5 Å². The van der Waals surface area contributed by atoms with Crippen LogP contribution in [0, 0.1) is 6.92 Å². The van der Waals surface area contributed by atoms with Gasteiger partial charge < -0.3 is 11.5 Å². The largest absolute Gasteiger partial charge is 0.384 e. The van der Waals surface area contributed by atoms with Gasteiger partial charge in [-0.05, 0) is 13.8 Å². The Morgan fingerprint density at radius 2 is 2.21 bits per heavy atom. The zero-order valence-electron chi connectivity index (χ0n) is 8.02. The van der Waals surface area contributed by atoms with E-state index in [9.17, 15) is 4.79 Å². The van der Waals surface area contributed by atoms with Crippen LogP contribution in [0.3, 0.4) is 0 Å². The summed E-state index contributed by atoms with van der Waals surface area (Å²) >= 11 is 1.20. The minimum atomic E-state index is -0.390. The number of carbonyl (C=O) groups excluding carboxylic acids is 1. The molecule has 0 saturated heterocycles. The average Bonchev–Trinajstić information content (AvgIpc) is 2.01. The fourth-order valence-electron chi connectivity index (χ4n) is 0.834. The van der Waals surface area contributed by atoms with E-state index in [0.29, 0.717) is 11.0 Å². The Hall–Kier alpha value is -1.30. The molecule has 0 aliphatic heterocycles. The second-order valence-electron chi connectivity index (χ2n) is 2.88. The Kier molecular flexibility index (Phi) is 3.29. The number of thioether (sulfide) groups is 1. The summed E-state index contributed by atoms with van der Waals surface area (Å²) in [5.74, 6) is 0.00958. The maximum Gasteiger partial charge on any atom is 0.230 e. The smallest absolute Gasteiger partial charge is 0.230 e. The predicted molar refractivity (Wildman–Crippen MR) is 55.7 cm³/mol. The number of nitrogens with zero attached hydrogens (tertiary/aromatic N) is 2. The monoisotopic (exact) mass is 212 g/mol. The van der Waals surface area contributed by atoms with Crippen molar-refractivity contribution in [2.24, 2.45) is 5.73 Å². The summed E-state index contributed by atoms with van der Waals surface area (Å²) in [6, 6.07) is 1.67. The molecule has 0 fully saturated rings. The third-order valence-corrected chi connectivity index (χ3v) is 2.52. The Bertz CT molecular complexity index is 335. The number of hydrogen-bond donors (Lipinski definition) is 2. The van der Waals surface area contributed by atoms with Gasteiger partial charge in [-0.25, -0.2) is 9.97 Å². The Balaban J connectivity index is 2.81. The molecule has 5 nitrogen and oxygen atoms in total. The fourth-order valence-corrected chi connectivity index (χ4v) is 1.62. The molecular weight excluding hydrogens is 200 g/mol. The van der Waals surface area contributed by atoms with Gasteiger partial charge in [0.15, 0.2) is 5.16 Å². The first-order valence-electron chi connectivity index (χ1n) is 4.06. The van der Waals surface area contributed by atoms with Gasteiger partial charge in [0, 0.05) is 11.8 Å². The van der Waals surface area contributed by atoms with Crippen LogP contribution in [0.1, 0.15) is 12.6 Å². The number of rotatable bonds is 3. The second kappa shape index (κ2) is 4.28. The fraction of sp³-hybridized carbons (Fsp3) is 0.375. The number of anilines is 1. The third-order valence-electron chi connectivity index (χ3n) is 1.54. The van der Waals surface area contributed by atoms with Gasteiger partial charge in [0.25, 0.3) is 0 Å². The molecule has 0 aliphatic carbocycles. The molecule has 0 aliphatic rings. The summed E-state index contributed by atoms with van der Waals surface area (Å²) in [5, 5.41) is 0.130. The van der Waals surface area contributed by atoms with Crippen LogP contribution >= 0.6 is 11.8 Å². The number of nitrogen functional groups attached to an aromatic ring is 1. The quantitative estimate of drug-likeness (QED) is 0.556. The highest BCUT2D eigenvalue weighted by Crippen LogP contribution is 2.19. The maximum atomic E-state index is 10.8. The number of aryl methyl sites for hydroxylation is 1. The Morgan fingerprint density at radius 3 is 2.71 bits per heavy atom. The van der Waals surface area contributed by atoms with Crippen LogP contribution < -0.4 is 11.5 Å². The van der Waals surface area contributed by atoms with E-state index in [2.05, 4.69) is 9.97 Å². The molecule has 0 aromatic carbocycles. The average molecular weight is 212 g/mol. The molecule has 1 amide bonds. The first-order valence-corrected chi connectivity index (χ1v) is 4.94. The molecule has 0 saturated carbocycles. The van der Waals surface area contributed by atoms with Gasteiger partial charge in [-0.2, -0.15) is 0 Å². The second-order valence-corrected chi connectivity index (χ2v) is 4.19. The summed E-state index contributed by atoms with van der Waals surface area (Å²) < 4.78 is 0. The zero-order valence-corrected chi connectivity index (χ0v) is 8.84. The van der Waals surface area contributed by atoms with Crippen molar-refractivity contribution in [2.45, 2.75) is 24.3 Å².